The van der Waals surface area contributed by atoms with Gasteiger partial charge in [-0.05, 0) is 68.7 Å². The van der Waals surface area contributed by atoms with Gasteiger partial charge < -0.3 is 28.0 Å². The second-order valence-corrected chi connectivity index (χ2v) is 21.7. The number of benzene rings is 3. The molecule has 1 aromatic heterocycles. The molecule has 3 aromatic carbocycles. The summed E-state index contributed by atoms with van der Waals surface area (Å²) in [6.07, 6.45) is -0.317. The van der Waals surface area contributed by atoms with Gasteiger partial charge in [-0.25, -0.2) is 9.46 Å². The molecule has 2 heterocycles. The van der Waals surface area contributed by atoms with Crippen LogP contribution in [0.3, 0.4) is 0 Å². The lowest BCUT2D eigenvalue weighted by Crippen LogP contribution is -2.39. The van der Waals surface area contributed by atoms with Crippen LogP contribution in [0.5, 0.6) is 11.5 Å². The van der Waals surface area contributed by atoms with Crippen molar-refractivity contribution in [1.29, 1.82) is 5.26 Å². The number of hydrogen-bond donors (Lipinski definition) is 1. The summed E-state index contributed by atoms with van der Waals surface area (Å²) in [6.45, 7) is 14.7. The number of nitrogens with one attached hydrogen (secondary N) is 1. The lowest BCUT2D eigenvalue weighted by molar-refractivity contribution is -0.0925. The van der Waals surface area contributed by atoms with Gasteiger partial charge in [0.2, 0.25) is 0 Å². The number of H-pyrrole nitrogens is 1. The van der Waals surface area contributed by atoms with E-state index in [9.17, 15) is 14.9 Å². The van der Waals surface area contributed by atoms with Crippen LogP contribution in [-0.4, -0.2) is 74.0 Å². The number of rotatable bonds is 17. The van der Waals surface area contributed by atoms with Crippen molar-refractivity contribution in [3.05, 3.63) is 128 Å². The molecule has 0 bridgehead atoms. The third kappa shape index (κ3) is 10.7. The Morgan fingerprint density at radius 1 is 0.914 bits per heavy atom. The van der Waals surface area contributed by atoms with E-state index in [0.717, 1.165) is 16.7 Å². The molecule has 1 fully saturated rings. The lowest BCUT2D eigenvalue weighted by Gasteiger charge is -2.39. The summed E-state index contributed by atoms with van der Waals surface area (Å²) >= 11 is 0. The molecule has 0 saturated carbocycles. The predicted molar refractivity (Wildman–Crippen MR) is 228 cm³/mol. The van der Waals surface area contributed by atoms with E-state index in [-0.39, 0.29) is 43.7 Å². The van der Waals surface area contributed by atoms with Crippen LogP contribution in [0.2, 0.25) is 19.6 Å². The van der Waals surface area contributed by atoms with Crippen LogP contribution in [0, 0.1) is 22.8 Å². The maximum absolute atomic E-state index is 13.5. The predicted octanol–water partition coefficient (Wildman–Crippen LogP) is 7.74. The van der Waals surface area contributed by atoms with Crippen molar-refractivity contribution in [3.63, 3.8) is 0 Å². The van der Waals surface area contributed by atoms with E-state index in [1.54, 1.807) is 14.2 Å². The van der Waals surface area contributed by atoms with Crippen molar-refractivity contribution < 1.29 is 28.0 Å². The molecular formula is C44H55N4O8PSi. The fourth-order valence-corrected chi connectivity index (χ4v) is 9.13. The number of aromatic amines is 1. The number of ether oxygens (including phenoxy) is 4. The summed E-state index contributed by atoms with van der Waals surface area (Å²) in [7, 11) is -0.303. The van der Waals surface area contributed by atoms with Gasteiger partial charge in [0, 0.05) is 24.7 Å². The van der Waals surface area contributed by atoms with Gasteiger partial charge in [0.05, 0.1) is 46.0 Å². The number of aromatic nitrogens is 2. The van der Waals surface area contributed by atoms with Gasteiger partial charge >= 0.3 is 5.69 Å². The average molecular weight is 827 g/mol. The SMILES string of the molecule is COc1ccc(C(OC[C@H]2O[C@@H](n3cc(C#C[Si](C)(C)C)c(=O)[nH]c3=O)C[C@@H]2OP(OCCC#N)N(C(C)C)C(C)C)(c2ccccc2)c2ccc(OC)cc2)cc1. The zero-order valence-electron chi connectivity index (χ0n) is 34.9. The van der Waals surface area contributed by atoms with E-state index in [4.69, 9.17) is 28.0 Å². The van der Waals surface area contributed by atoms with Crippen LogP contribution >= 0.6 is 8.53 Å². The minimum Gasteiger partial charge on any atom is -0.497 e. The fourth-order valence-electron chi connectivity index (χ4n) is 6.87. The Bertz CT molecular complexity index is 2120. The molecule has 0 spiro atoms. The van der Waals surface area contributed by atoms with Gasteiger partial charge in [-0.15, -0.1) is 5.54 Å². The first kappa shape index (κ1) is 44.5. The first-order valence-corrected chi connectivity index (χ1v) is 24.1. The molecule has 0 radical (unpaired) electrons. The Morgan fingerprint density at radius 2 is 1.48 bits per heavy atom. The van der Waals surface area contributed by atoms with E-state index < -0.39 is 51.9 Å². The summed E-state index contributed by atoms with van der Waals surface area (Å²) in [4.78, 5) is 28.9. The van der Waals surface area contributed by atoms with E-state index in [1.165, 1.54) is 10.8 Å². The Hall–Kier alpha value is -4.56. The zero-order chi connectivity index (χ0) is 42.0. The van der Waals surface area contributed by atoms with Crippen molar-refractivity contribution in [2.24, 2.45) is 0 Å². The maximum Gasteiger partial charge on any atom is 0.330 e. The molecule has 1 N–H and O–H groups in total. The van der Waals surface area contributed by atoms with Gasteiger partial charge in [-0.2, -0.15) is 5.26 Å². The largest absolute Gasteiger partial charge is 0.497 e. The molecule has 1 saturated heterocycles. The van der Waals surface area contributed by atoms with Crippen LogP contribution in [-0.2, 0) is 24.1 Å². The van der Waals surface area contributed by atoms with E-state index in [2.05, 4.69) is 74.5 Å². The third-order valence-corrected chi connectivity index (χ3v) is 12.6. The lowest BCUT2D eigenvalue weighted by atomic mass is 9.80. The monoisotopic (exact) mass is 826 g/mol. The third-order valence-electron chi connectivity index (χ3n) is 9.56. The molecule has 0 amide bonds. The van der Waals surface area contributed by atoms with Crippen molar-refractivity contribution in [2.75, 3.05) is 27.4 Å². The zero-order valence-corrected chi connectivity index (χ0v) is 36.7. The van der Waals surface area contributed by atoms with Crippen molar-refractivity contribution in [1.82, 2.24) is 14.2 Å². The van der Waals surface area contributed by atoms with Crippen molar-refractivity contribution >= 4 is 16.6 Å². The highest BCUT2D eigenvalue weighted by molar-refractivity contribution is 7.44. The summed E-state index contributed by atoms with van der Waals surface area (Å²) in [5.41, 5.74) is 3.62. The second kappa shape index (κ2) is 19.9. The van der Waals surface area contributed by atoms with Gasteiger partial charge in [0.25, 0.3) is 14.1 Å². The Kier molecular flexibility index (Phi) is 15.3. The Balaban J connectivity index is 1.63. The normalized spacial score (nSPS) is 17.5. The van der Waals surface area contributed by atoms with E-state index in [1.807, 2.05) is 78.9 Å². The molecule has 12 nitrogen and oxygen atoms in total. The van der Waals surface area contributed by atoms with Crippen LogP contribution in [0.1, 0.15) is 69.0 Å². The highest BCUT2D eigenvalue weighted by atomic mass is 31.2. The van der Waals surface area contributed by atoms with Crippen LogP contribution < -0.4 is 20.7 Å². The van der Waals surface area contributed by atoms with Gasteiger partial charge in [0.15, 0.2) is 0 Å². The summed E-state index contributed by atoms with van der Waals surface area (Å²) in [5, 5.41) is 9.37. The second-order valence-electron chi connectivity index (χ2n) is 15.6. The van der Waals surface area contributed by atoms with Gasteiger partial charge in [-0.1, -0.05) is 80.2 Å². The smallest absolute Gasteiger partial charge is 0.330 e. The molecule has 58 heavy (non-hydrogen) atoms. The van der Waals surface area contributed by atoms with Crippen LogP contribution in [0.15, 0.2) is 94.6 Å². The van der Waals surface area contributed by atoms with Crippen molar-refractivity contribution in [2.45, 2.75) is 96.3 Å². The average Bonchev–Trinajstić information content (AvgIpc) is 3.59. The number of nitriles is 1. The highest BCUT2D eigenvalue weighted by Crippen LogP contribution is 2.50. The summed E-state index contributed by atoms with van der Waals surface area (Å²) in [5.74, 6) is 4.40. The standard InChI is InChI=1S/C44H55N4O8PSi/c1-31(2)48(32(3)4)57(54-26-13-25-45)56-39-28-41(47-29-33(24-27-58(7,8)9)42(49)46-43(47)50)55-40(39)30-53-44(34-14-11-10-12-15-34,35-16-20-37(51-5)21-17-35)36-18-22-38(52-6)23-19-36/h10-12,14-23,29,31-32,39-41H,13,26,28,30H2,1-9H3,(H,46,49,50)/t39-,40+,41+,57?/m0/s1. The van der Waals surface area contributed by atoms with Gasteiger partial charge in [-0.3, -0.25) is 14.3 Å². The molecule has 0 aliphatic carbocycles. The van der Waals surface area contributed by atoms with Crippen molar-refractivity contribution in [3.8, 4) is 29.0 Å². The molecule has 5 rings (SSSR count). The topological polar surface area (TPSA) is 137 Å². The minimum absolute atomic E-state index is 0.0131. The van der Waals surface area contributed by atoms with Crippen LogP contribution in [0.25, 0.3) is 0 Å². The molecule has 1 aliphatic rings. The molecular weight excluding hydrogens is 772 g/mol. The van der Waals surface area contributed by atoms with Gasteiger partial charge in [0.1, 0.15) is 43.1 Å². The molecule has 4 atom stereocenters. The van der Waals surface area contributed by atoms with Crippen LogP contribution in [0.4, 0.5) is 0 Å². The molecule has 14 heteroatoms. The van der Waals surface area contributed by atoms with E-state index in [0.29, 0.717) is 11.5 Å². The molecule has 1 aliphatic heterocycles. The number of hydrogen-bond acceptors (Lipinski definition) is 10. The number of nitrogens with zero attached hydrogens (tertiary/aromatic N) is 3. The first-order chi connectivity index (χ1) is 27.7. The molecule has 308 valence electrons. The summed E-state index contributed by atoms with van der Waals surface area (Å²) < 4.78 is 41.9. The quantitative estimate of drug-likeness (QED) is 0.0370. The Labute approximate surface area is 344 Å². The maximum atomic E-state index is 13.5. The molecule has 1 unspecified atom stereocenters. The fraction of sp³-hybridized carbons (Fsp3) is 0.432. The number of methoxy groups -OCH3 is 2. The van der Waals surface area contributed by atoms with E-state index >= 15 is 0 Å². The Morgan fingerprint density at radius 3 is 2.00 bits per heavy atom. The minimum atomic E-state index is -1.85. The summed E-state index contributed by atoms with van der Waals surface area (Å²) in [6, 6.07) is 27.7. The molecule has 4 aromatic rings. The highest BCUT2D eigenvalue weighted by Gasteiger charge is 2.45. The first-order valence-electron chi connectivity index (χ1n) is 19.5.